The van der Waals surface area contributed by atoms with Gasteiger partial charge in [-0.25, -0.2) is 0 Å². The maximum atomic E-state index is 5.89. The second kappa shape index (κ2) is 7.49. The first-order valence-electron chi connectivity index (χ1n) is 4.53. The number of hydrogen-bond acceptors (Lipinski definition) is 4. The Balaban J connectivity index is 3.39. The summed E-state index contributed by atoms with van der Waals surface area (Å²) in [6.45, 7) is 2.70. The van der Waals surface area contributed by atoms with Crippen LogP contribution in [-0.4, -0.2) is 44.8 Å². The fourth-order valence-corrected chi connectivity index (χ4v) is 1.00. The molecule has 0 aliphatic heterocycles. The van der Waals surface area contributed by atoms with E-state index in [4.69, 9.17) is 11.5 Å². The largest absolute Gasteiger partial charge is 0.330 e. The van der Waals surface area contributed by atoms with Crippen LogP contribution < -0.4 is 16.8 Å². The number of nitrogens with two attached hydrogens (primary N) is 2. The Morgan fingerprint density at radius 2 is 2.17 bits per heavy atom. The van der Waals surface area contributed by atoms with E-state index in [2.05, 4.69) is 10.2 Å². The fourth-order valence-electron chi connectivity index (χ4n) is 1.00. The first-order chi connectivity index (χ1) is 5.72. The van der Waals surface area contributed by atoms with Gasteiger partial charge in [-0.2, -0.15) is 0 Å². The highest BCUT2D eigenvalue weighted by Crippen LogP contribution is 1.96. The van der Waals surface area contributed by atoms with Gasteiger partial charge in [0, 0.05) is 13.1 Å². The molecule has 0 aliphatic carbocycles. The van der Waals surface area contributed by atoms with E-state index in [1.165, 1.54) is 0 Å². The molecule has 4 nitrogen and oxygen atoms in total. The van der Waals surface area contributed by atoms with Crippen molar-refractivity contribution in [1.82, 2.24) is 10.2 Å². The van der Waals surface area contributed by atoms with E-state index in [1.54, 1.807) is 0 Å². The van der Waals surface area contributed by atoms with Crippen molar-refractivity contribution in [2.75, 3.05) is 33.7 Å². The fraction of sp³-hybridized carbons (Fsp3) is 1.00. The van der Waals surface area contributed by atoms with Crippen molar-refractivity contribution in [1.29, 1.82) is 0 Å². The van der Waals surface area contributed by atoms with E-state index >= 15 is 0 Å². The average molecular weight is 174 g/mol. The monoisotopic (exact) mass is 174 g/mol. The second-order valence-electron chi connectivity index (χ2n) is 3.08. The van der Waals surface area contributed by atoms with Gasteiger partial charge in [-0.3, -0.25) is 4.90 Å². The predicted molar refractivity (Wildman–Crippen MR) is 52.8 cm³/mol. The molecule has 0 aromatic rings. The predicted octanol–water partition coefficient (Wildman–Crippen LogP) is -0.839. The molecule has 0 saturated heterocycles. The molecule has 0 radical (unpaired) electrons. The van der Waals surface area contributed by atoms with Crippen molar-refractivity contribution in [2.24, 2.45) is 11.5 Å². The molecule has 0 fully saturated rings. The minimum absolute atomic E-state index is 0.155. The van der Waals surface area contributed by atoms with Gasteiger partial charge in [-0.1, -0.05) is 0 Å². The third kappa shape index (κ3) is 5.49. The number of likely N-dealkylation sites (N-methyl/N-ethyl adjacent to an activating group) is 2. The van der Waals surface area contributed by atoms with Crippen LogP contribution in [-0.2, 0) is 0 Å². The maximum absolute atomic E-state index is 5.89. The highest BCUT2D eigenvalue weighted by atomic mass is 15.2. The molecule has 0 spiro atoms. The zero-order valence-electron chi connectivity index (χ0n) is 8.21. The summed E-state index contributed by atoms with van der Waals surface area (Å²) in [6, 6.07) is 0. The van der Waals surface area contributed by atoms with Crippen molar-refractivity contribution in [2.45, 2.75) is 19.0 Å². The van der Waals surface area contributed by atoms with Gasteiger partial charge in [0.25, 0.3) is 0 Å². The second-order valence-corrected chi connectivity index (χ2v) is 3.08. The van der Waals surface area contributed by atoms with Crippen LogP contribution in [0.5, 0.6) is 0 Å². The Kier molecular flexibility index (Phi) is 7.39. The Morgan fingerprint density at radius 3 is 2.67 bits per heavy atom. The lowest BCUT2D eigenvalue weighted by molar-refractivity contribution is 0.235. The molecule has 12 heavy (non-hydrogen) atoms. The maximum Gasteiger partial charge on any atom is 0.0570 e. The highest BCUT2D eigenvalue weighted by molar-refractivity contribution is 4.62. The van der Waals surface area contributed by atoms with Gasteiger partial charge in [-0.05, 0) is 33.5 Å². The Hall–Kier alpha value is -0.160. The molecular weight excluding hydrogens is 152 g/mol. The molecule has 1 atom stereocenters. The molecule has 74 valence electrons. The van der Waals surface area contributed by atoms with Crippen molar-refractivity contribution in [3.63, 3.8) is 0 Å². The van der Waals surface area contributed by atoms with Crippen LogP contribution in [0, 0.1) is 0 Å². The number of nitrogens with one attached hydrogen (secondary N) is 1. The van der Waals surface area contributed by atoms with Crippen LogP contribution in [0.15, 0.2) is 0 Å². The first-order valence-corrected chi connectivity index (χ1v) is 4.53. The van der Waals surface area contributed by atoms with E-state index in [1.807, 2.05) is 14.1 Å². The summed E-state index contributed by atoms with van der Waals surface area (Å²) in [5.74, 6) is 0. The summed E-state index contributed by atoms with van der Waals surface area (Å²) in [4.78, 5) is 2.14. The standard InChI is InChI=1S/C8H22N4/c1-11-6-7-12(2)8(10)4-3-5-9/h8,11H,3-7,9-10H2,1-2H3. The minimum Gasteiger partial charge on any atom is -0.330 e. The summed E-state index contributed by atoms with van der Waals surface area (Å²) in [6.07, 6.45) is 2.14. The molecule has 0 amide bonds. The van der Waals surface area contributed by atoms with Gasteiger partial charge in [0.05, 0.1) is 6.17 Å². The molecule has 0 rings (SSSR count). The topological polar surface area (TPSA) is 67.3 Å². The Bertz CT molecular complexity index is 85.1. The van der Waals surface area contributed by atoms with E-state index in [-0.39, 0.29) is 6.17 Å². The van der Waals surface area contributed by atoms with E-state index in [0.717, 1.165) is 32.5 Å². The molecule has 4 heteroatoms. The van der Waals surface area contributed by atoms with Gasteiger partial charge in [0.1, 0.15) is 0 Å². The van der Waals surface area contributed by atoms with Crippen LogP contribution in [0.3, 0.4) is 0 Å². The van der Waals surface area contributed by atoms with Crippen molar-refractivity contribution >= 4 is 0 Å². The first kappa shape index (κ1) is 11.8. The summed E-state index contributed by atoms with van der Waals surface area (Å²) < 4.78 is 0. The molecule has 0 aromatic carbocycles. The molecule has 0 bridgehead atoms. The molecule has 1 unspecified atom stereocenters. The van der Waals surface area contributed by atoms with Gasteiger partial charge in [-0.15, -0.1) is 0 Å². The van der Waals surface area contributed by atoms with Crippen LogP contribution in [0.4, 0.5) is 0 Å². The molecule has 5 N–H and O–H groups in total. The lowest BCUT2D eigenvalue weighted by atomic mass is 10.2. The smallest absolute Gasteiger partial charge is 0.0570 e. The number of hydrogen-bond donors (Lipinski definition) is 3. The molecule has 0 aliphatic rings. The molecule has 0 aromatic heterocycles. The van der Waals surface area contributed by atoms with E-state index in [0.29, 0.717) is 0 Å². The van der Waals surface area contributed by atoms with Crippen LogP contribution in [0.1, 0.15) is 12.8 Å². The third-order valence-corrected chi connectivity index (χ3v) is 1.98. The van der Waals surface area contributed by atoms with Crippen LogP contribution in [0.2, 0.25) is 0 Å². The molecular formula is C8H22N4. The highest BCUT2D eigenvalue weighted by Gasteiger charge is 2.06. The zero-order chi connectivity index (χ0) is 9.40. The zero-order valence-corrected chi connectivity index (χ0v) is 8.21. The van der Waals surface area contributed by atoms with Gasteiger partial charge in [0.15, 0.2) is 0 Å². The van der Waals surface area contributed by atoms with E-state index < -0.39 is 0 Å². The van der Waals surface area contributed by atoms with Gasteiger partial charge >= 0.3 is 0 Å². The molecule has 0 heterocycles. The van der Waals surface area contributed by atoms with Crippen LogP contribution in [0.25, 0.3) is 0 Å². The summed E-state index contributed by atoms with van der Waals surface area (Å²) in [7, 11) is 3.98. The number of nitrogens with zero attached hydrogens (tertiary/aromatic N) is 1. The van der Waals surface area contributed by atoms with Crippen molar-refractivity contribution in [3.8, 4) is 0 Å². The van der Waals surface area contributed by atoms with E-state index in [9.17, 15) is 0 Å². The SMILES string of the molecule is CNCCN(C)C(N)CCCN. The lowest BCUT2D eigenvalue weighted by Crippen LogP contribution is -2.42. The number of rotatable bonds is 7. The quantitative estimate of drug-likeness (QED) is 0.440. The average Bonchev–Trinajstić information content (AvgIpc) is 2.10. The van der Waals surface area contributed by atoms with Crippen LogP contribution >= 0.6 is 0 Å². The normalized spacial score (nSPS) is 13.8. The van der Waals surface area contributed by atoms with Gasteiger partial charge < -0.3 is 16.8 Å². The Labute approximate surface area is 75.3 Å². The summed E-state index contributed by atoms with van der Waals surface area (Å²) >= 11 is 0. The third-order valence-electron chi connectivity index (χ3n) is 1.98. The summed E-state index contributed by atoms with van der Waals surface area (Å²) in [5.41, 5.74) is 11.3. The lowest BCUT2D eigenvalue weighted by Gasteiger charge is -2.23. The van der Waals surface area contributed by atoms with Gasteiger partial charge in [0.2, 0.25) is 0 Å². The Morgan fingerprint density at radius 1 is 1.50 bits per heavy atom. The minimum atomic E-state index is 0.155. The van der Waals surface area contributed by atoms with Crippen molar-refractivity contribution < 1.29 is 0 Å². The van der Waals surface area contributed by atoms with Crippen molar-refractivity contribution in [3.05, 3.63) is 0 Å². The molecule has 0 saturated carbocycles. The summed E-state index contributed by atoms with van der Waals surface area (Å²) in [5, 5.41) is 3.09.